The van der Waals surface area contributed by atoms with Crippen LogP contribution in [0.3, 0.4) is 0 Å². The number of aromatic nitrogens is 2. The molecule has 20 heavy (non-hydrogen) atoms. The van der Waals surface area contributed by atoms with Crippen LogP contribution in [-0.4, -0.2) is 16.9 Å². The molecule has 0 saturated carbocycles. The van der Waals surface area contributed by atoms with Crippen molar-refractivity contribution in [3.63, 3.8) is 0 Å². The number of nitrogens with zero attached hydrogens (tertiary/aromatic N) is 2. The molecule has 5 nitrogen and oxygen atoms in total. The zero-order valence-corrected chi connectivity index (χ0v) is 11.8. The smallest absolute Gasteiger partial charge is 0.289 e. The van der Waals surface area contributed by atoms with E-state index in [2.05, 4.69) is 12.0 Å². The van der Waals surface area contributed by atoms with Gasteiger partial charge < -0.3 is 10.5 Å². The van der Waals surface area contributed by atoms with Gasteiger partial charge in [-0.2, -0.15) is 5.10 Å². The number of aryl methyl sites for hydroxylation is 1. The number of unbranched alkanes of at least 4 members (excludes halogenated alkanes) is 1. The van der Waals surface area contributed by atoms with Gasteiger partial charge in [0.25, 0.3) is 5.56 Å². The lowest BCUT2D eigenvalue weighted by Gasteiger charge is -2.09. The highest BCUT2D eigenvalue weighted by Gasteiger charge is 2.08. The molecule has 1 aromatic heterocycles. The average molecular weight is 273 g/mol. The molecule has 2 N–H and O–H groups in total. The third-order valence-corrected chi connectivity index (χ3v) is 3.09. The van der Waals surface area contributed by atoms with Gasteiger partial charge >= 0.3 is 0 Å². The fraction of sp³-hybridized carbons (Fsp3) is 0.333. The number of hydrogen-bond donors (Lipinski definition) is 1. The van der Waals surface area contributed by atoms with Gasteiger partial charge in [0.15, 0.2) is 0 Å². The highest BCUT2D eigenvalue weighted by molar-refractivity contribution is 5.63. The van der Waals surface area contributed by atoms with Gasteiger partial charge in [0.2, 0.25) is 0 Å². The standard InChI is InChI=1S/C15H19N3O2/c1-3-4-8-18-15(19)13(16)10-14(17-18)11-6-5-7-12(9-11)20-2/h5-7,9-10H,3-4,8,16H2,1-2H3. The van der Waals surface area contributed by atoms with E-state index in [1.165, 1.54) is 4.68 Å². The molecule has 0 aliphatic carbocycles. The van der Waals surface area contributed by atoms with Gasteiger partial charge in [0.05, 0.1) is 12.8 Å². The summed E-state index contributed by atoms with van der Waals surface area (Å²) in [7, 11) is 1.61. The van der Waals surface area contributed by atoms with E-state index in [-0.39, 0.29) is 11.2 Å². The topological polar surface area (TPSA) is 70.1 Å². The molecule has 0 spiro atoms. The van der Waals surface area contributed by atoms with Crippen molar-refractivity contribution in [2.45, 2.75) is 26.3 Å². The van der Waals surface area contributed by atoms with Crippen molar-refractivity contribution in [2.75, 3.05) is 12.8 Å². The molecule has 0 radical (unpaired) electrons. The summed E-state index contributed by atoms with van der Waals surface area (Å²) >= 11 is 0. The largest absolute Gasteiger partial charge is 0.497 e. The number of benzene rings is 1. The number of nitrogen functional groups attached to an aromatic ring is 1. The zero-order chi connectivity index (χ0) is 14.5. The quantitative estimate of drug-likeness (QED) is 0.907. The fourth-order valence-electron chi connectivity index (χ4n) is 1.95. The van der Waals surface area contributed by atoms with Gasteiger partial charge in [0.1, 0.15) is 11.4 Å². The van der Waals surface area contributed by atoms with Crippen molar-refractivity contribution in [3.8, 4) is 17.0 Å². The Hall–Kier alpha value is -2.30. The van der Waals surface area contributed by atoms with E-state index in [4.69, 9.17) is 10.5 Å². The lowest BCUT2D eigenvalue weighted by molar-refractivity contribution is 0.415. The monoisotopic (exact) mass is 273 g/mol. The Morgan fingerprint density at radius 3 is 2.85 bits per heavy atom. The third-order valence-electron chi connectivity index (χ3n) is 3.09. The summed E-state index contributed by atoms with van der Waals surface area (Å²) in [5.74, 6) is 0.745. The minimum atomic E-state index is -0.231. The number of ether oxygens (including phenoxy) is 1. The number of hydrogen-bond acceptors (Lipinski definition) is 4. The third kappa shape index (κ3) is 2.99. The molecule has 106 valence electrons. The van der Waals surface area contributed by atoms with Gasteiger partial charge in [-0.25, -0.2) is 4.68 Å². The molecule has 1 aromatic carbocycles. The molecule has 0 amide bonds. The Morgan fingerprint density at radius 2 is 2.15 bits per heavy atom. The van der Waals surface area contributed by atoms with Crippen LogP contribution in [-0.2, 0) is 6.54 Å². The Bertz CT molecular complexity index is 650. The predicted octanol–water partition coefficient (Wildman–Crippen LogP) is 2.30. The number of rotatable bonds is 5. The van der Waals surface area contributed by atoms with Crippen molar-refractivity contribution >= 4 is 5.69 Å². The highest BCUT2D eigenvalue weighted by atomic mass is 16.5. The molecule has 2 rings (SSSR count). The van der Waals surface area contributed by atoms with E-state index >= 15 is 0 Å². The van der Waals surface area contributed by atoms with Crippen LogP contribution in [0.15, 0.2) is 35.1 Å². The van der Waals surface area contributed by atoms with Crippen LogP contribution in [0.5, 0.6) is 5.75 Å². The fourth-order valence-corrected chi connectivity index (χ4v) is 1.95. The Kier molecular flexibility index (Phi) is 4.40. The van der Waals surface area contributed by atoms with Crippen LogP contribution in [0.4, 0.5) is 5.69 Å². The molecular weight excluding hydrogens is 254 g/mol. The van der Waals surface area contributed by atoms with E-state index in [1.54, 1.807) is 13.2 Å². The van der Waals surface area contributed by atoms with Crippen LogP contribution in [0.1, 0.15) is 19.8 Å². The van der Waals surface area contributed by atoms with Gasteiger partial charge in [-0.15, -0.1) is 0 Å². The SMILES string of the molecule is CCCCn1nc(-c2cccc(OC)c2)cc(N)c1=O. The molecule has 0 saturated heterocycles. The first-order chi connectivity index (χ1) is 9.65. The van der Waals surface area contributed by atoms with Crippen molar-refractivity contribution in [1.29, 1.82) is 0 Å². The summed E-state index contributed by atoms with van der Waals surface area (Å²) in [6.07, 6.45) is 1.89. The summed E-state index contributed by atoms with van der Waals surface area (Å²) < 4.78 is 6.64. The van der Waals surface area contributed by atoms with Gasteiger partial charge in [-0.05, 0) is 24.6 Å². The first-order valence-electron chi connectivity index (χ1n) is 6.67. The number of anilines is 1. The summed E-state index contributed by atoms with van der Waals surface area (Å²) in [4.78, 5) is 11.9. The minimum absolute atomic E-state index is 0.217. The van der Waals surface area contributed by atoms with Crippen LogP contribution >= 0.6 is 0 Å². The molecule has 0 aliphatic heterocycles. The van der Waals surface area contributed by atoms with Gasteiger partial charge in [-0.1, -0.05) is 25.5 Å². The summed E-state index contributed by atoms with van der Waals surface area (Å²) in [5.41, 5.74) is 7.34. The Morgan fingerprint density at radius 1 is 1.35 bits per heavy atom. The van der Waals surface area contributed by atoms with Crippen molar-refractivity contribution in [2.24, 2.45) is 0 Å². The second kappa shape index (κ2) is 6.23. The zero-order valence-electron chi connectivity index (χ0n) is 11.8. The van der Waals surface area contributed by atoms with Gasteiger partial charge in [-0.3, -0.25) is 4.79 Å². The summed E-state index contributed by atoms with van der Waals surface area (Å²) in [6.45, 7) is 2.65. The lowest BCUT2D eigenvalue weighted by atomic mass is 10.1. The van der Waals surface area contributed by atoms with Gasteiger partial charge in [0, 0.05) is 12.1 Å². The molecular formula is C15H19N3O2. The van der Waals surface area contributed by atoms with Crippen molar-refractivity contribution in [3.05, 3.63) is 40.7 Å². The van der Waals surface area contributed by atoms with Crippen molar-refractivity contribution < 1.29 is 4.74 Å². The maximum Gasteiger partial charge on any atom is 0.289 e. The van der Waals surface area contributed by atoms with E-state index in [1.807, 2.05) is 24.3 Å². The van der Waals surface area contributed by atoms with Crippen LogP contribution < -0.4 is 16.0 Å². The second-order valence-corrected chi connectivity index (χ2v) is 4.60. The Labute approximate surface area is 118 Å². The molecule has 0 fully saturated rings. The number of nitrogens with two attached hydrogens (primary N) is 1. The van der Waals surface area contributed by atoms with E-state index in [0.29, 0.717) is 12.2 Å². The van der Waals surface area contributed by atoms with Crippen LogP contribution in [0.2, 0.25) is 0 Å². The minimum Gasteiger partial charge on any atom is -0.497 e. The van der Waals surface area contributed by atoms with E-state index < -0.39 is 0 Å². The highest BCUT2D eigenvalue weighted by Crippen LogP contribution is 2.22. The molecule has 0 atom stereocenters. The van der Waals surface area contributed by atoms with Crippen molar-refractivity contribution in [1.82, 2.24) is 9.78 Å². The van der Waals surface area contributed by atoms with E-state index in [0.717, 1.165) is 24.2 Å². The summed E-state index contributed by atoms with van der Waals surface area (Å²) in [5, 5.41) is 4.38. The first-order valence-corrected chi connectivity index (χ1v) is 6.67. The summed E-state index contributed by atoms with van der Waals surface area (Å²) in [6, 6.07) is 9.14. The maximum atomic E-state index is 11.9. The first kappa shape index (κ1) is 14.1. The predicted molar refractivity (Wildman–Crippen MR) is 79.8 cm³/mol. The van der Waals surface area contributed by atoms with Crippen LogP contribution in [0.25, 0.3) is 11.3 Å². The molecule has 5 heteroatoms. The van der Waals surface area contributed by atoms with E-state index in [9.17, 15) is 4.79 Å². The number of methoxy groups -OCH3 is 1. The lowest BCUT2D eigenvalue weighted by Crippen LogP contribution is -2.25. The molecule has 2 aromatic rings. The second-order valence-electron chi connectivity index (χ2n) is 4.60. The molecule has 0 unspecified atom stereocenters. The Balaban J connectivity index is 2.45. The molecule has 1 heterocycles. The normalized spacial score (nSPS) is 10.5. The maximum absolute atomic E-state index is 11.9. The molecule has 0 bridgehead atoms. The average Bonchev–Trinajstić information content (AvgIpc) is 2.48. The molecule has 0 aliphatic rings. The van der Waals surface area contributed by atoms with Crippen LogP contribution in [0, 0.1) is 0 Å².